The second kappa shape index (κ2) is 7.60. The fourth-order valence-electron chi connectivity index (χ4n) is 1.08. The van der Waals surface area contributed by atoms with E-state index in [0.717, 1.165) is 18.4 Å². The van der Waals surface area contributed by atoms with Crippen molar-refractivity contribution in [3.8, 4) is 0 Å². The molecule has 0 nitrogen and oxygen atoms in total. The average Bonchev–Trinajstić information content (AvgIpc) is 2.14. The van der Waals surface area contributed by atoms with Crippen LogP contribution in [0.1, 0.15) is 26.7 Å². The maximum atomic E-state index is 12.2. The van der Waals surface area contributed by atoms with Gasteiger partial charge in [-0.05, 0) is 17.9 Å². The molecule has 14 heavy (non-hydrogen) atoms. The molecule has 0 aliphatic rings. The van der Waals surface area contributed by atoms with Crippen LogP contribution >= 0.6 is 0 Å². The second-order valence-electron chi connectivity index (χ2n) is 3.56. The lowest BCUT2D eigenvalue weighted by Crippen LogP contribution is -1.94. The highest BCUT2D eigenvalue weighted by molar-refractivity contribution is 6.23. The molecule has 0 aromatic heterocycles. The maximum absolute atomic E-state index is 12.2. The summed E-state index contributed by atoms with van der Waals surface area (Å²) in [4.78, 5) is 0. The van der Waals surface area contributed by atoms with Gasteiger partial charge in [-0.2, -0.15) is 0 Å². The van der Waals surface area contributed by atoms with Gasteiger partial charge in [-0.3, -0.25) is 0 Å². The van der Waals surface area contributed by atoms with E-state index >= 15 is 0 Å². The largest absolute Gasteiger partial charge is 0.247 e. The fourth-order valence-corrected chi connectivity index (χ4v) is 1.08. The Hall–Kier alpha value is -0.785. The Morgan fingerprint density at radius 2 is 2.14 bits per heavy atom. The molecule has 0 heterocycles. The molecule has 76 valence electrons. The third-order valence-corrected chi connectivity index (χ3v) is 2.13. The highest BCUT2D eigenvalue weighted by Gasteiger charge is 2.00. The predicted octanol–water partition coefficient (Wildman–Crippen LogP) is 3.56. The molecule has 0 saturated carbocycles. The van der Waals surface area contributed by atoms with Crippen molar-refractivity contribution >= 4 is 7.85 Å². The molecule has 0 fully saturated rings. The number of alkyl halides is 1. The van der Waals surface area contributed by atoms with Gasteiger partial charge in [0.25, 0.3) is 0 Å². The summed E-state index contributed by atoms with van der Waals surface area (Å²) in [6.07, 6.45) is 7.13. The Morgan fingerprint density at radius 1 is 1.50 bits per heavy atom. The van der Waals surface area contributed by atoms with Gasteiger partial charge in [0.2, 0.25) is 0 Å². The fraction of sp³-hybridized carbons (Fsp3) is 0.500. The molecule has 0 rings (SSSR count). The summed E-state index contributed by atoms with van der Waals surface area (Å²) in [7, 11) is 5.40. The van der Waals surface area contributed by atoms with Crippen molar-refractivity contribution in [1.29, 1.82) is 0 Å². The third kappa shape index (κ3) is 6.70. The van der Waals surface area contributed by atoms with Gasteiger partial charge in [-0.1, -0.05) is 38.5 Å². The van der Waals surface area contributed by atoms with E-state index in [0.29, 0.717) is 11.4 Å². The topological polar surface area (TPSA) is 0 Å². The van der Waals surface area contributed by atoms with E-state index in [1.165, 1.54) is 0 Å². The van der Waals surface area contributed by atoms with E-state index in [9.17, 15) is 4.39 Å². The van der Waals surface area contributed by atoms with E-state index in [1.54, 1.807) is 12.2 Å². The highest BCUT2D eigenvalue weighted by Crippen LogP contribution is 2.15. The second-order valence-corrected chi connectivity index (χ2v) is 3.56. The zero-order valence-electron chi connectivity index (χ0n) is 9.09. The minimum Gasteiger partial charge on any atom is -0.247 e. The van der Waals surface area contributed by atoms with Crippen LogP contribution in [-0.2, 0) is 0 Å². The normalized spacial score (nSPS) is 14.6. The highest BCUT2D eigenvalue weighted by atomic mass is 19.1. The summed E-state index contributed by atoms with van der Waals surface area (Å²) in [6.45, 7) is 7.41. The molecule has 1 unspecified atom stereocenters. The maximum Gasteiger partial charge on any atom is 0.112 e. The van der Waals surface area contributed by atoms with Crippen molar-refractivity contribution in [3.63, 3.8) is 0 Å². The van der Waals surface area contributed by atoms with Crippen LogP contribution in [0.15, 0.2) is 35.9 Å². The molecule has 0 aromatic carbocycles. The van der Waals surface area contributed by atoms with Gasteiger partial charge in [-0.15, -0.1) is 12.1 Å². The number of rotatable bonds is 6. The first-order chi connectivity index (χ1) is 6.60. The molecule has 0 saturated heterocycles. The monoisotopic (exact) mass is 192 g/mol. The number of hydrogen-bond donors (Lipinski definition) is 0. The first-order valence-corrected chi connectivity index (χ1v) is 4.97. The van der Waals surface area contributed by atoms with E-state index in [2.05, 4.69) is 20.4 Å². The molecular formula is C12H18BF. The van der Waals surface area contributed by atoms with Crippen LogP contribution in [-0.4, -0.2) is 14.5 Å². The van der Waals surface area contributed by atoms with Crippen LogP contribution in [0.4, 0.5) is 4.39 Å². The molecule has 0 aliphatic carbocycles. The van der Waals surface area contributed by atoms with Gasteiger partial charge in [0, 0.05) is 0 Å². The van der Waals surface area contributed by atoms with Crippen LogP contribution in [0, 0.1) is 5.92 Å². The van der Waals surface area contributed by atoms with E-state index < -0.39 is 6.67 Å². The van der Waals surface area contributed by atoms with Crippen molar-refractivity contribution in [1.82, 2.24) is 0 Å². The van der Waals surface area contributed by atoms with E-state index in [4.69, 9.17) is 7.85 Å². The number of hydrogen-bond acceptors (Lipinski definition) is 0. The number of allylic oxidation sites excluding steroid dienone is 5. The molecule has 0 amide bonds. The average molecular weight is 192 g/mol. The summed E-state index contributed by atoms with van der Waals surface area (Å²) >= 11 is 0. The molecular weight excluding hydrogens is 174 g/mol. The van der Waals surface area contributed by atoms with Gasteiger partial charge < -0.3 is 0 Å². The van der Waals surface area contributed by atoms with Crippen LogP contribution in [0.5, 0.6) is 0 Å². The van der Waals surface area contributed by atoms with E-state index in [-0.39, 0.29) is 0 Å². The van der Waals surface area contributed by atoms with Crippen molar-refractivity contribution < 1.29 is 4.39 Å². The van der Waals surface area contributed by atoms with Crippen molar-refractivity contribution in [2.45, 2.75) is 26.7 Å². The minimum atomic E-state index is -0.423. The van der Waals surface area contributed by atoms with Gasteiger partial charge in [0.15, 0.2) is 0 Å². The van der Waals surface area contributed by atoms with Crippen molar-refractivity contribution in [2.75, 3.05) is 6.67 Å². The lowest BCUT2D eigenvalue weighted by Gasteiger charge is -2.08. The van der Waals surface area contributed by atoms with Crippen LogP contribution in [0.25, 0.3) is 0 Å². The molecule has 1 atom stereocenters. The number of halogens is 1. The standard InChI is InChI=1S/C12H18BF/c1-4-10(2)9-12(7-8-14)6-5-11(3)13/h5-7,10H,3-4,8-9H2,1-2H3/b6-5-,12-7+. The lowest BCUT2D eigenvalue weighted by atomic mass is 9.94. The quantitative estimate of drug-likeness (QED) is 0.445. The van der Waals surface area contributed by atoms with Gasteiger partial charge in [0.05, 0.1) is 0 Å². The molecule has 0 aromatic rings. The van der Waals surface area contributed by atoms with Crippen LogP contribution < -0.4 is 0 Å². The van der Waals surface area contributed by atoms with E-state index in [1.807, 2.05) is 6.08 Å². The SMILES string of the molecule is [B]C(=C)/C=C\C(=C/CF)CC(C)CC. The summed E-state index contributed by atoms with van der Waals surface area (Å²) in [5.41, 5.74) is 1.49. The minimum absolute atomic E-state index is 0.423. The predicted molar refractivity (Wildman–Crippen MR) is 62.2 cm³/mol. The Labute approximate surface area is 88.0 Å². The first-order valence-electron chi connectivity index (χ1n) is 4.97. The Balaban J connectivity index is 4.31. The molecule has 0 aliphatic heterocycles. The molecule has 0 N–H and O–H groups in total. The Morgan fingerprint density at radius 3 is 2.57 bits per heavy atom. The van der Waals surface area contributed by atoms with Gasteiger partial charge >= 0.3 is 0 Å². The summed E-state index contributed by atoms with van der Waals surface area (Å²) < 4.78 is 12.2. The zero-order chi connectivity index (χ0) is 11.0. The molecule has 0 spiro atoms. The molecule has 0 bridgehead atoms. The van der Waals surface area contributed by atoms with Gasteiger partial charge in [0.1, 0.15) is 14.5 Å². The first kappa shape index (κ1) is 13.2. The summed E-state index contributed by atoms with van der Waals surface area (Å²) in [5.74, 6) is 0.573. The van der Waals surface area contributed by atoms with Crippen molar-refractivity contribution in [3.05, 3.63) is 35.9 Å². The zero-order valence-corrected chi connectivity index (χ0v) is 9.09. The Bertz CT molecular complexity index is 228. The van der Waals surface area contributed by atoms with Crippen LogP contribution in [0.3, 0.4) is 0 Å². The van der Waals surface area contributed by atoms with Gasteiger partial charge in [-0.25, -0.2) is 4.39 Å². The van der Waals surface area contributed by atoms with Crippen LogP contribution in [0.2, 0.25) is 0 Å². The molecule has 2 radical (unpaired) electrons. The lowest BCUT2D eigenvalue weighted by molar-refractivity contribution is 0.542. The smallest absolute Gasteiger partial charge is 0.112 e. The summed E-state index contributed by atoms with van der Waals surface area (Å²) in [5, 5.41) is 0. The summed E-state index contributed by atoms with van der Waals surface area (Å²) in [6, 6.07) is 0. The van der Waals surface area contributed by atoms with Crippen molar-refractivity contribution in [2.24, 2.45) is 5.92 Å². The Kier molecular flexibility index (Phi) is 7.18. The molecule has 2 heteroatoms. The third-order valence-electron chi connectivity index (χ3n) is 2.13.